The van der Waals surface area contributed by atoms with Crippen LogP contribution in [0.15, 0.2) is 58.2 Å². The molecule has 28 heavy (non-hydrogen) atoms. The van der Waals surface area contributed by atoms with Crippen molar-refractivity contribution in [1.29, 1.82) is 0 Å². The van der Waals surface area contributed by atoms with Crippen LogP contribution in [0.1, 0.15) is 5.56 Å². The summed E-state index contributed by atoms with van der Waals surface area (Å²) in [4.78, 5) is 23.9. The molecule has 144 valence electrons. The summed E-state index contributed by atoms with van der Waals surface area (Å²) in [5, 5.41) is 13.3. The lowest BCUT2D eigenvalue weighted by molar-refractivity contribution is -0.117. The molecule has 1 aromatic heterocycles. The molecule has 0 saturated heterocycles. The summed E-state index contributed by atoms with van der Waals surface area (Å²) in [6, 6.07) is 14.1. The van der Waals surface area contributed by atoms with Gasteiger partial charge in [0, 0.05) is 15.7 Å². The van der Waals surface area contributed by atoms with Gasteiger partial charge in [0.15, 0.2) is 5.82 Å². The number of nitrogens with two attached hydrogens (primary N) is 1. The first kappa shape index (κ1) is 19.9. The van der Waals surface area contributed by atoms with E-state index in [1.807, 2.05) is 31.2 Å². The van der Waals surface area contributed by atoms with Crippen LogP contribution in [0.2, 0.25) is 0 Å². The second kappa shape index (κ2) is 8.89. The van der Waals surface area contributed by atoms with E-state index in [1.54, 1.807) is 24.3 Å². The first-order valence-electron chi connectivity index (χ1n) is 8.19. The Balaban J connectivity index is 1.54. The Hall–Kier alpha value is -2.85. The van der Waals surface area contributed by atoms with E-state index in [-0.39, 0.29) is 5.75 Å². The normalized spacial score (nSPS) is 10.5. The van der Waals surface area contributed by atoms with Crippen LogP contribution in [0.5, 0.6) is 0 Å². The highest BCUT2D eigenvalue weighted by Gasteiger charge is 2.15. The minimum atomic E-state index is -0.609. The average Bonchev–Trinajstić information content (AvgIpc) is 3.03. The van der Waals surface area contributed by atoms with Crippen LogP contribution < -0.4 is 16.5 Å². The minimum absolute atomic E-state index is 0.0308. The van der Waals surface area contributed by atoms with Crippen LogP contribution in [0.3, 0.4) is 0 Å². The average molecular weight is 461 g/mol. The smallest absolute Gasteiger partial charge is 0.325 e. The maximum atomic E-state index is 12.0. The molecule has 3 rings (SSSR count). The molecule has 0 unspecified atom stereocenters. The van der Waals surface area contributed by atoms with Crippen molar-refractivity contribution in [2.24, 2.45) is 0 Å². The fourth-order valence-corrected chi connectivity index (χ4v) is 3.18. The topological polar surface area (TPSA) is 115 Å². The molecule has 4 N–H and O–H groups in total. The van der Waals surface area contributed by atoms with E-state index < -0.39 is 11.9 Å². The first-order chi connectivity index (χ1) is 13.4. The van der Waals surface area contributed by atoms with Gasteiger partial charge in [-0.3, -0.25) is 10.1 Å². The van der Waals surface area contributed by atoms with Crippen LogP contribution in [0.25, 0.3) is 11.4 Å². The molecule has 8 nitrogen and oxygen atoms in total. The van der Waals surface area contributed by atoms with E-state index in [2.05, 4.69) is 36.8 Å². The number of anilines is 1. The minimum Gasteiger partial charge on any atom is -0.335 e. The molecule has 0 bridgehead atoms. The number of benzene rings is 2. The zero-order valence-corrected chi connectivity index (χ0v) is 17.3. The van der Waals surface area contributed by atoms with E-state index in [9.17, 15) is 9.59 Å². The number of nitrogen functional groups attached to an aromatic ring is 1. The zero-order valence-electron chi connectivity index (χ0n) is 14.8. The number of thioether (sulfide) groups is 1. The van der Waals surface area contributed by atoms with Crippen LogP contribution in [0, 0.1) is 6.92 Å². The SMILES string of the molecule is Cc1ccc(-c2nnc(SCC(=O)NC(=O)Nc3ccc(Br)cc3)n2N)cc1. The quantitative estimate of drug-likeness (QED) is 0.397. The van der Waals surface area contributed by atoms with Gasteiger partial charge in [-0.1, -0.05) is 57.5 Å². The highest BCUT2D eigenvalue weighted by molar-refractivity contribution is 9.10. The van der Waals surface area contributed by atoms with Crippen LogP contribution in [-0.2, 0) is 4.79 Å². The second-order valence-corrected chi connectivity index (χ2v) is 7.70. The van der Waals surface area contributed by atoms with Crippen LogP contribution >= 0.6 is 27.7 Å². The van der Waals surface area contributed by atoms with E-state index in [4.69, 9.17) is 5.84 Å². The summed E-state index contributed by atoms with van der Waals surface area (Å²) in [6.45, 7) is 1.99. The Morgan fingerprint density at radius 1 is 1.11 bits per heavy atom. The Morgan fingerprint density at radius 3 is 2.46 bits per heavy atom. The molecule has 2 aromatic carbocycles. The van der Waals surface area contributed by atoms with Crippen molar-refractivity contribution in [3.63, 3.8) is 0 Å². The van der Waals surface area contributed by atoms with Gasteiger partial charge in [-0.05, 0) is 31.2 Å². The summed E-state index contributed by atoms with van der Waals surface area (Å²) >= 11 is 4.40. The lowest BCUT2D eigenvalue weighted by atomic mass is 10.1. The number of aromatic nitrogens is 3. The lowest BCUT2D eigenvalue weighted by Gasteiger charge is -2.07. The molecule has 0 radical (unpaired) electrons. The zero-order chi connectivity index (χ0) is 20.1. The number of aryl methyl sites for hydroxylation is 1. The number of hydrogen-bond acceptors (Lipinski definition) is 6. The number of carbonyl (C=O) groups excluding carboxylic acids is 2. The van der Waals surface area contributed by atoms with Gasteiger partial charge in [-0.2, -0.15) is 0 Å². The van der Waals surface area contributed by atoms with Gasteiger partial charge in [0.05, 0.1) is 5.75 Å². The Kier molecular flexibility index (Phi) is 6.32. The van der Waals surface area contributed by atoms with Crippen molar-refractivity contribution in [3.05, 3.63) is 58.6 Å². The standard InChI is InChI=1S/C18H17BrN6O2S/c1-11-2-4-12(5-3-11)16-23-24-18(25(16)20)28-10-15(26)22-17(27)21-14-8-6-13(19)7-9-14/h2-9H,10,20H2,1H3,(H2,21,22,26,27). The number of rotatable bonds is 5. The van der Waals surface area contributed by atoms with Crippen molar-refractivity contribution in [1.82, 2.24) is 20.2 Å². The predicted molar refractivity (Wildman–Crippen MR) is 112 cm³/mol. The van der Waals surface area contributed by atoms with Crippen LogP contribution in [0.4, 0.5) is 10.5 Å². The molecule has 1 heterocycles. The van der Waals surface area contributed by atoms with Crippen molar-refractivity contribution < 1.29 is 9.59 Å². The van der Waals surface area contributed by atoms with Gasteiger partial charge < -0.3 is 11.2 Å². The molecular weight excluding hydrogens is 444 g/mol. The Bertz CT molecular complexity index is 988. The Labute approximate surface area is 174 Å². The third-order valence-electron chi connectivity index (χ3n) is 3.66. The van der Waals surface area contributed by atoms with Crippen molar-refractivity contribution in [2.75, 3.05) is 16.9 Å². The number of imide groups is 1. The first-order valence-corrected chi connectivity index (χ1v) is 9.97. The number of nitrogens with one attached hydrogen (secondary N) is 2. The molecule has 3 aromatic rings. The maximum Gasteiger partial charge on any atom is 0.325 e. The highest BCUT2D eigenvalue weighted by Crippen LogP contribution is 2.21. The summed E-state index contributed by atoms with van der Waals surface area (Å²) in [7, 11) is 0. The largest absolute Gasteiger partial charge is 0.335 e. The highest BCUT2D eigenvalue weighted by atomic mass is 79.9. The molecule has 0 aliphatic rings. The van der Waals surface area contributed by atoms with Crippen LogP contribution in [-0.4, -0.2) is 32.6 Å². The molecule has 0 aliphatic carbocycles. The van der Waals surface area contributed by atoms with Crippen molar-refractivity contribution in [2.45, 2.75) is 12.1 Å². The summed E-state index contributed by atoms with van der Waals surface area (Å²) in [6.07, 6.45) is 0. The molecule has 0 spiro atoms. The number of nitrogens with zero attached hydrogens (tertiary/aromatic N) is 3. The Morgan fingerprint density at radius 2 is 1.79 bits per heavy atom. The third-order valence-corrected chi connectivity index (χ3v) is 5.13. The number of carbonyl (C=O) groups is 2. The number of halogens is 1. The van der Waals surface area contributed by atoms with Gasteiger partial charge >= 0.3 is 6.03 Å². The van der Waals surface area contributed by atoms with E-state index >= 15 is 0 Å². The predicted octanol–water partition coefficient (Wildman–Crippen LogP) is 3.17. The molecule has 0 aliphatic heterocycles. The molecule has 10 heteroatoms. The van der Waals surface area contributed by atoms with Gasteiger partial charge in [-0.15, -0.1) is 10.2 Å². The van der Waals surface area contributed by atoms with Gasteiger partial charge in [-0.25, -0.2) is 9.47 Å². The fraction of sp³-hybridized carbons (Fsp3) is 0.111. The third kappa shape index (κ3) is 5.11. The molecular formula is C18H17BrN6O2S. The number of amides is 3. The van der Waals surface area contributed by atoms with E-state index in [1.165, 1.54) is 4.68 Å². The second-order valence-electron chi connectivity index (χ2n) is 5.84. The summed E-state index contributed by atoms with van der Waals surface area (Å²) < 4.78 is 2.21. The molecule has 0 saturated carbocycles. The van der Waals surface area contributed by atoms with Crippen molar-refractivity contribution in [3.8, 4) is 11.4 Å². The van der Waals surface area contributed by atoms with Gasteiger partial charge in [0.25, 0.3) is 0 Å². The van der Waals surface area contributed by atoms with Crippen molar-refractivity contribution >= 4 is 45.3 Å². The van der Waals surface area contributed by atoms with Gasteiger partial charge in [0.1, 0.15) is 0 Å². The lowest BCUT2D eigenvalue weighted by Crippen LogP contribution is -2.35. The van der Waals surface area contributed by atoms with E-state index in [0.717, 1.165) is 27.4 Å². The molecule has 0 fully saturated rings. The summed E-state index contributed by atoms with van der Waals surface area (Å²) in [5.74, 6) is 6.02. The summed E-state index contributed by atoms with van der Waals surface area (Å²) in [5.41, 5.74) is 2.52. The monoisotopic (exact) mass is 460 g/mol. The molecule has 3 amide bonds. The van der Waals surface area contributed by atoms with Gasteiger partial charge in [0.2, 0.25) is 11.1 Å². The fourth-order valence-electron chi connectivity index (χ4n) is 2.26. The van der Waals surface area contributed by atoms with E-state index in [0.29, 0.717) is 16.7 Å². The molecule has 0 atom stereocenters. The number of hydrogen-bond donors (Lipinski definition) is 3. The number of urea groups is 1. The maximum absolute atomic E-state index is 12.0.